The molecule has 1 fully saturated rings. The monoisotopic (exact) mass is 428 g/mol. The molecule has 0 spiro atoms. The molecular formula is C26H24N2O4. The molecule has 6 nitrogen and oxygen atoms in total. The van der Waals surface area contributed by atoms with Crippen molar-refractivity contribution in [1.82, 2.24) is 9.88 Å². The minimum atomic E-state index is -0.733. The lowest BCUT2D eigenvalue weighted by Gasteiger charge is -2.25. The highest BCUT2D eigenvalue weighted by Gasteiger charge is 2.46. The van der Waals surface area contributed by atoms with Gasteiger partial charge >= 0.3 is 0 Å². The molecule has 1 aliphatic heterocycles. The van der Waals surface area contributed by atoms with Crippen molar-refractivity contribution in [3.63, 3.8) is 0 Å². The van der Waals surface area contributed by atoms with E-state index in [1.165, 1.54) is 4.90 Å². The summed E-state index contributed by atoms with van der Waals surface area (Å²) in [5.74, 6) is -0.859. The van der Waals surface area contributed by atoms with Crippen molar-refractivity contribution in [3.05, 3.63) is 101 Å². The normalized spacial score (nSPS) is 17.7. The fourth-order valence-corrected chi connectivity index (χ4v) is 3.83. The third-order valence-electron chi connectivity index (χ3n) is 5.23. The van der Waals surface area contributed by atoms with E-state index in [1.54, 1.807) is 42.7 Å². The molecule has 0 radical (unpaired) electrons. The van der Waals surface area contributed by atoms with Gasteiger partial charge in [-0.15, -0.1) is 0 Å². The van der Waals surface area contributed by atoms with Crippen molar-refractivity contribution < 1.29 is 19.4 Å². The molecule has 0 aliphatic carbocycles. The van der Waals surface area contributed by atoms with E-state index < -0.39 is 17.7 Å². The predicted octanol–water partition coefficient (Wildman–Crippen LogP) is 4.49. The van der Waals surface area contributed by atoms with Crippen LogP contribution in [0.2, 0.25) is 0 Å². The zero-order chi connectivity index (χ0) is 22.7. The number of carbonyl (C=O) groups excluding carboxylic acids is 2. The highest BCUT2D eigenvalue weighted by Crippen LogP contribution is 2.40. The molecule has 1 aliphatic rings. The Morgan fingerprint density at radius 1 is 1.03 bits per heavy atom. The molecule has 162 valence electrons. The molecule has 32 heavy (non-hydrogen) atoms. The maximum Gasteiger partial charge on any atom is 0.295 e. The number of ether oxygens (including phenoxy) is 1. The first kappa shape index (κ1) is 21.3. The minimum absolute atomic E-state index is 0.0233. The second-order valence-electron chi connectivity index (χ2n) is 7.89. The summed E-state index contributed by atoms with van der Waals surface area (Å²) >= 11 is 0. The van der Waals surface area contributed by atoms with Gasteiger partial charge in [0.15, 0.2) is 0 Å². The van der Waals surface area contributed by atoms with Gasteiger partial charge in [0.05, 0.1) is 17.7 Å². The maximum absolute atomic E-state index is 13.1. The van der Waals surface area contributed by atoms with Crippen LogP contribution in [-0.4, -0.2) is 32.8 Å². The number of aromatic nitrogens is 1. The summed E-state index contributed by atoms with van der Waals surface area (Å²) in [5.41, 5.74) is 2.06. The molecule has 1 atom stereocenters. The first-order chi connectivity index (χ1) is 15.5. The number of Topliss-reactive ketones (excluding diaryl/α,β-unsaturated/α-hetero) is 1. The van der Waals surface area contributed by atoms with Crippen LogP contribution in [0.5, 0.6) is 5.75 Å². The Labute approximate surface area is 186 Å². The van der Waals surface area contributed by atoms with Crippen LogP contribution >= 0.6 is 0 Å². The van der Waals surface area contributed by atoms with E-state index in [1.807, 2.05) is 50.2 Å². The molecule has 1 N–H and O–H groups in total. The number of likely N-dealkylation sites (tertiary alicyclic amines) is 1. The van der Waals surface area contributed by atoms with Crippen molar-refractivity contribution in [2.45, 2.75) is 32.5 Å². The number of carbonyl (C=O) groups is 2. The van der Waals surface area contributed by atoms with Gasteiger partial charge in [-0.1, -0.05) is 48.5 Å². The Morgan fingerprint density at radius 3 is 2.38 bits per heavy atom. The van der Waals surface area contributed by atoms with Crippen molar-refractivity contribution in [2.75, 3.05) is 0 Å². The summed E-state index contributed by atoms with van der Waals surface area (Å²) in [7, 11) is 0. The molecule has 4 rings (SSSR count). The summed E-state index contributed by atoms with van der Waals surface area (Å²) < 4.78 is 5.72. The quantitative estimate of drug-likeness (QED) is 0.355. The van der Waals surface area contributed by atoms with Crippen LogP contribution in [0.3, 0.4) is 0 Å². The molecule has 2 heterocycles. The Bertz CT molecular complexity index is 1140. The second-order valence-corrected chi connectivity index (χ2v) is 7.89. The predicted molar refractivity (Wildman–Crippen MR) is 121 cm³/mol. The smallest absolute Gasteiger partial charge is 0.295 e. The van der Waals surface area contributed by atoms with E-state index >= 15 is 0 Å². The fraction of sp³-hybridized carbons (Fsp3) is 0.192. The van der Waals surface area contributed by atoms with Crippen LogP contribution in [-0.2, 0) is 16.1 Å². The third-order valence-corrected chi connectivity index (χ3v) is 5.23. The van der Waals surface area contributed by atoms with Gasteiger partial charge in [0.2, 0.25) is 0 Å². The number of aliphatic hydroxyl groups is 1. The first-order valence-corrected chi connectivity index (χ1v) is 10.4. The van der Waals surface area contributed by atoms with Crippen LogP contribution in [0.1, 0.15) is 36.6 Å². The third kappa shape index (κ3) is 4.25. The van der Waals surface area contributed by atoms with E-state index in [-0.39, 0.29) is 24.0 Å². The molecule has 1 unspecified atom stereocenters. The molecule has 0 bridgehead atoms. The van der Waals surface area contributed by atoms with Gasteiger partial charge in [0.25, 0.3) is 11.7 Å². The molecule has 6 heteroatoms. The lowest BCUT2D eigenvalue weighted by Crippen LogP contribution is -2.29. The number of ketones is 1. The number of pyridine rings is 1. The van der Waals surface area contributed by atoms with Crippen LogP contribution in [0.15, 0.2) is 84.7 Å². The molecule has 0 saturated carbocycles. The van der Waals surface area contributed by atoms with E-state index in [2.05, 4.69) is 4.98 Å². The van der Waals surface area contributed by atoms with Crippen molar-refractivity contribution in [3.8, 4) is 5.75 Å². The first-order valence-electron chi connectivity index (χ1n) is 10.4. The van der Waals surface area contributed by atoms with Crippen molar-refractivity contribution in [2.24, 2.45) is 0 Å². The molecule has 1 aromatic heterocycles. The van der Waals surface area contributed by atoms with E-state index in [4.69, 9.17) is 4.74 Å². The van der Waals surface area contributed by atoms with Crippen LogP contribution in [0.4, 0.5) is 0 Å². The molecule has 1 saturated heterocycles. The standard InChI is InChI=1S/C26H24N2O4/c1-17(2)32-21-12-10-19(11-13-21)23-22(24(29)20-8-4-3-5-9-20)25(30)26(31)28(23)16-18-7-6-14-27-15-18/h3-15,17,23,29H,16H2,1-2H3. The van der Waals surface area contributed by atoms with Crippen molar-refractivity contribution >= 4 is 17.4 Å². The van der Waals surface area contributed by atoms with Gasteiger partial charge in [0.1, 0.15) is 11.5 Å². The summed E-state index contributed by atoms with van der Waals surface area (Å²) in [6.45, 7) is 4.08. The lowest BCUT2D eigenvalue weighted by molar-refractivity contribution is -0.140. The van der Waals surface area contributed by atoms with Gasteiger partial charge in [-0.05, 0) is 43.2 Å². The van der Waals surface area contributed by atoms with Crippen LogP contribution < -0.4 is 4.74 Å². The van der Waals surface area contributed by atoms with E-state index in [0.717, 1.165) is 5.56 Å². The molecule has 2 aromatic carbocycles. The van der Waals surface area contributed by atoms with Gasteiger partial charge in [0, 0.05) is 24.5 Å². The number of hydrogen-bond acceptors (Lipinski definition) is 5. The van der Waals surface area contributed by atoms with Gasteiger partial charge in [-0.25, -0.2) is 0 Å². The second kappa shape index (κ2) is 9.06. The number of nitrogens with zero attached hydrogens (tertiary/aromatic N) is 2. The summed E-state index contributed by atoms with van der Waals surface area (Å²) in [6, 6.07) is 18.9. The van der Waals surface area contributed by atoms with Crippen LogP contribution in [0.25, 0.3) is 5.76 Å². The zero-order valence-corrected chi connectivity index (χ0v) is 17.9. The summed E-state index contributed by atoms with van der Waals surface area (Å²) in [6.07, 6.45) is 3.33. The van der Waals surface area contributed by atoms with Gasteiger partial charge < -0.3 is 14.7 Å². The Kier molecular flexibility index (Phi) is 6.03. The Morgan fingerprint density at radius 2 is 1.75 bits per heavy atom. The average molecular weight is 428 g/mol. The Hall–Kier alpha value is -3.93. The molecular weight excluding hydrogens is 404 g/mol. The fourth-order valence-electron chi connectivity index (χ4n) is 3.83. The summed E-state index contributed by atoms with van der Waals surface area (Å²) in [4.78, 5) is 31.7. The van der Waals surface area contributed by atoms with Gasteiger partial charge in [-0.2, -0.15) is 0 Å². The minimum Gasteiger partial charge on any atom is -0.507 e. The lowest BCUT2D eigenvalue weighted by atomic mass is 9.95. The number of rotatable bonds is 6. The molecule has 3 aromatic rings. The SMILES string of the molecule is CC(C)Oc1ccc(C2C(=C(O)c3ccccc3)C(=O)C(=O)N2Cc2cccnc2)cc1. The topological polar surface area (TPSA) is 79.7 Å². The average Bonchev–Trinajstić information content (AvgIpc) is 3.05. The number of amides is 1. The molecule has 1 amide bonds. The highest BCUT2D eigenvalue weighted by molar-refractivity contribution is 6.46. The van der Waals surface area contributed by atoms with E-state index in [9.17, 15) is 14.7 Å². The van der Waals surface area contributed by atoms with Crippen molar-refractivity contribution in [1.29, 1.82) is 0 Å². The summed E-state index contributed by atoms with van der Waals surface area (Å²) in [5, 5.41) is 11.0. The number of benzene rings is 2. The highest BCUT2D eigenvalue weighted by atomic mass is 16.5. The number of hydrogen-bond donors (Lipinski definition) is 1. The van der Waals surface area contributed by atoms with E-state index in [0.29, 0.717) is 16.9 Å². The largest absolute Gasteiger partial charge is 0.507 e. The zero-order valence-electron chi connectivity index (χ0n) is 17.9. The van der Waals surface area contributed by atoms with Crippen LogP contribution in [0, 0.1) is 0 Å². The Balaban J connectivity index is 1.81. The number of aliphatic hydroxyl groups excluding tert-OH is 1. The maximum atomic E-state index is 13.1. The van der Waals surface area contributed by atoms with Gasteiger partial charge in [-0.3, -0.25) is 14.6 Å².